The molecule has 2 amide bonds. The summed E-state index contributed by atoms with van der Waals surface area (Å²) in [5.41, 5.74) is 2.24. The monoisotopic (exact) mass is 668 g/mol. The average Bonchev–Trinajstić information content (AvgIpc) is 3.19. The van der Waals surface area contributed by atoms with Gasteiger partial charge in [0.1, 0.15) is 23.7 Å². The van der Waals surface area contributed by atoms with E-state index in [9.17, 15) is 19.2 Å². The molecule has 0 aromatic heterocycles. The Balaban J connectivity index is 1.76. The Kier molecular flexibility index (Phi) is 12.0. The predicted molar refractivity (Wildman–Crippen MR) is 172 cm³/mol. The summed E-state index contributed by atoms with van der Waals surface area (Å²) in [4.78, 5) is 52.8. The van der Waals surface area contributed by atoms with Crippen LogP contribution in [-0.2, 0) is 35.2 Å². The van der Waals surface area contributed by atoms with Crippen LogP contribution < -0.4 is 29.2 Å². The maximum atomic E-state index is 14.4. The van der Waals surface area contributed by atoms with Crippen molar-refractivity contribution in [3.05, 3.63) is 76.3 Å². The maximum Gasteiger partial charge on any atom is 0.305 e. The van der Waals surface area contributed by atoms with Crippen molar-refractivity contribution in [2.45, 2.75) is 38.0 Å². The molecule has 0 saturated carbocycles. The van der Waals surface area contributed by atoms with Crippen molar-refractivity contribution < 1.29 is 47.6 Å². The molecule has 1 heterocycles. The van der Waals surface area contributed by atoms with Gasteiger partial charge in [-0.15, -0.1) is 0 Å². The van der Waals surface area contributed by atoms with Gasteiger partial charge in [-0.05, 0) is 36.4 Å². The summed E-state index contributed by atoms with van der Waals surface area (Å²) in [7, 11) is 7.29. The summed E-state index contributed by atoms with van der Waals surface area (Å²) < 4.78 is 33.3. The predicted octanol–water partition coefficient (Wildman–Crippen LogP) is 4.42. The molecule has 0 bridgehead atoms. The highest BCUT2D eigenvalue weighted by Gasteiger charge is 2.39. The van der Waals surface area contributed by atoms with Crippen LogP contribution in [0.15, 0.2) is 54.6 Å². The molecule has 13 heteroatoms. The molecule has 250 valence electrons. The molecule has 0 radical (unpaired) electrons. The summed E-state index contributed by atoms with van der Waals surface area (Å²) in [5, 5.41) is 2.94. The number of ether oxygens (including phenoxy) is 6. The minimum Gasteiger partial charge on any atom is -0.497 e. The fraction of sp³-hybridized carbons (Fsp3) is 0.353. The molecule has 12 nitrogen and oxygen atoms in total. The van der Waals surface area contributed by atoms with E-state index in [0.29, 0.717) is 50.4 Å². The van der Waals surface area contributed by atoms with Crippen LogP contribution in [0, 0.1) is 0 Å². The van der Waals surface area contributed by atoms with E-state index in [1.54, 1.807) is 61.7 Å². The fourth-order valence-electron chi connectivity index (χ4n) is 5.25. The number of amides is 2. The maximum absolute atomic E-state index is 14.4. The standard InChI is InChI=1S/C34H37ClN2O10/c1-42-23-12-9-20(28(16-23)44-3)19-37-26-13-10-21(35)15-25(26)32(24-7-6-8-27(43-2)33(24)46-5)47-29(34(37)41)17-30(39)36-18-22(38)11-14-31(40)45-4/h6-10,12-13,15-16,29,32H,11,14,17-19H2,1-5H3,(H,36,39)/t29-,32-/m0/s1. The molecule has 3 aromatic carbocycles. The van der Waals surface area contributed by atoms with Crippen molar-refractivity contribution in [3.63, 3.8) is 0 Å². The lowest BCUT2D eigenvalue weighted by Gasteiger charge is -2.26. The second-order valence-corrected chi connectivity index (χ2v) is 10.9. The smallest absolute Gasteiger partial charge is 0.305 e. The van der Waals surface area contributed by atoms with Crippen LogP contribution in [0.5, 0.6) is 23.0 Å². The summed E-state index contributed by atoms with van der Waals surface area (Å²) in [6.45, 7) is -0.275. The number of hydrogen-bond acceptors (Lipinski definition) is 10. The zero-order valence-corrected chi connectivity index (χ0v) is 27.5. The summed E-state index contributed by atoms with van der Waals surface area (Å²) in [5.74, 6) is -0.135. The Labute approximate surface area is 277 Å². The van der Waals surface area contributed by atoms with Gasteiger partial charge in [0.15, 0.2) is 17.3 Å². The molecule has 0 fully saturated rings. The Morgan fingerprint density at radius 3 is 2.32 bits per heavy atom. The van der Waals surface area contributed by atoms with E-state index in [1.807, 2.05) is 0 Å². The topological polar surface area (TPSA) is 139 Å². The van der Waals surface area contributed by atoms with Crippen LogP contribution in [-0.4, -0.2) is 71.8 Å². The highest BCUT2D eigenvalue weighted by molar-refractivity contribution is 6.30. The minimum atomic E-state index is -1.31. The van der Waals surface area contributed by atoms with Crippen molar-refractivity contribution in [2.24, 2.45) is 0 Å². The van der Waals surface area contributed by atoms with Crippen molar-refractivity contribution >= 4 is 40.9 Å². The molecule has 0 saturated heterocycles. The Hall–Kier alpha value is -4.81. The van der Waals surface area contributed by atoms with E-state index < -0.39 is 36.4 Å². The zero-order valence-electron chi connectivity index (χ0n) is 26.8. The van der Waals surface area contributed by atoms with Gasteiger partial charge < -0.3 is 38.6 Å². The average molecular weight is 669 g/mol. The Morgan fingerprint density at radius 2 is 1.64 bits per heavy atom. The first kappa shape index (κ1) is 35.1. The van der Waals surface area contributed by atoms with Crippen molar-refractivity contribution in [2.75, 3.05) is 47.0 Å². The second kappa shape index (κ2) is 16.1. The van der Waals surface area contributed by atoms with E-state index in [0.717, 1.165) is 0 Å². The number of hydrogen-bond donors (Lipinski definition) is 1. The number of para-hydroxylation sites is 1. The van der Waals surface area contributed by atoms with E-state index in [1.165, 1.54) is 33.3 Å². The number of nitrogens with zero attached hydrogens (tertiary/aromatic N) is 1. The molecular weight excluding hydrogens is 632 g/mol. The fourth-order valence-corrected chi connectivity index (χ4v) is 5.43. The number of esters is 1. The van der Waals surface area contributed by atoms with Gasteiger partial charge in [0, 0.05) is 34.2 Å². The lowest BCUT2D eigenvalue weighted by atomic mass is 9.97. The third-order valence-corrected chi connectivity index (χ3v) is 7.87. The van der Waals surface area contributed by atoms with Crippen molar-refractivity contribution in [3.8, 4) is 23.0 Å². The minimum absolute atomic E-state index is 0.0517. The number of nitrogens with one attached hydrogen (secondary N) is 1. The Bertz CT molecular complexity index is 1630. The second-order valence-electron chi connectivity index (χ2n) is 10.5. The normalized spacial score (nSPS) is 15.6. The number of Topliss-reactive ketones (excluding diaryl/α,β-unsaturated/α-hetero) is 1. The van der Waals surface area contributed by atoms with Crippen LogP contribution in [0.25, 0.3) is 0 Å². The van der Waals surface area contributed by atoms with Gasteiger partial charge in [-0.2, -0.15) is 0 Å². The number of methoxy groups -OCH3 is 5. The lowest BCUT2D eigenvalue weighted by molar-refractivity contribution is -0.142. The lowest BCUT2D eigenvalue weighted by Crippen LogP contribution is -2.42. The molecule has 0 unspecified atom stereocenters. The molecule has 1 aliphatic rings. The first-order chi connectivity index (χ1) is 22.6. The van der Waals surface area contributed by atoms with E-state index >= 15 is 0 Å². The van der Waals surface area contributed by atoms with Gasteiger partial charge in [0.05, 0.1) is 67.2 Å². The van der Waals surface area contributed by atoms with E-state index in [-0.39, 0.29) is 31.7 Å². The number of anilines is 1. The molecule has 2 atom stereocenters. The third kappa shape index (κ3) is 8.32. The number of carbonyl (C=O) groups excluding carboxylic acids is 4. The van der Waals surface area contributed by atoms with Gasteiger partial charge in [0.2, 0.25) is 5.91 Å². The van der Waals surface area contributed by atoms with Gasteiger partial charge >= 0.3 is 5.97 Å². The number of halogens is 1. The third-order valence-electron chi connectivity index (χ3n) is 7.63. The SMILES string of the molecule is COC(=O)CCC(=O)CNC(=O)C[C@@H]1O[C@@H](c2cccc(OC)c2OC)c2cc(Cl)ccc2N(Cc2ccc(OC)cc2OC)C1=O. The molecular formula is C34H37ClN2O10. The van der Waals surface area contributed by atoms with Crippen LogP contribution >= 0.6 is 11.6 Å². The van der Waals surface area contributed by atoms with E-state index in [4.69, 9.17) is 35.3 Å². The van der Waals surface area contributed by atoms with Gasteiger partial charge in [-0.25, -0.2) is 0 Å². The van der Waals surface area contributed by atoms with Gasteiger partial charge in [-0.1, -0.05) is 23.7 Å². The largest absolute Gasteiger partial charge is 0.497 e. The first-order valence-electron chi connectivity index (χ1n) is 14.7. The molecule has 1 N–H and O–H groups in total. The van der Waals surface area contributed by atoms with Crippen LogP contribution in [0.1, 0.15) is 42.1 Å². The van der Waals surface area contributed by atoms with Gasteiger partial charge in [-0.3, -0.25) is 19.2 Å². The van der Waals surface area contributed by atoms with Crippen molar-refractivity contribution in [1.82, 2.24) is 5.32 Å². The molecule has 0 aliphatic carbocycles. The van der Waals surface area contributed by atoms with Crippen LogP contribution in [0.4, 0.5) is 5.69 Å². The van der Waals surface area contributed by atoms with Crippen LogP contribution in [0.3, 0.4) is 0 Å². The highest BCUT2D eigenvalue weighted by Crippen LogP contribution is 2.45. The number of carbonyl (C=O) groups is 4. The molecule has 1 aliphatic heterocycles. The van der Waals surface area contributed by atoms with E-state index in [2.05, 4.69) is 10.1 Å². The summed E-state index contributed by atoms with van der Waals surface area (Å²) >= 11 is 6.51. The molecule has 47 heavy (non-hydrogen) atoms. The zero-order chi connectivity index (χ0) is 34.1. The number of ketones is 1. The summed E-state index contributed by atoms with van der Waals surface area (Å²) in [6, 6.07) is 15.6. The summed E-state index contributed by atoms with van der Waals surface area (Å²) in [6.07, 6.45) is -2.86. The van der Waals surface area contributed by atoms with Crippen LogP contribution in [0.2, 0.25) is 5.02 Å². The number of fused-ring (bicyclic) bond motifs is 1. The molecule has 4 rings (SSSR count). The molecule has 3 aromatic rings. The quantitative estimate of drug-likeness (QED) is 0.246. The molecule has 0 spiro atoms. The number of rotatable bonds is 14. The van der Waals surface area contributed by atoms with Crippen molar-refractivity contribution in [1.29, 1.82) is 0 Å². The Morgan fingerprint density at radius 1 is 0.872 bits per heavy atom. The van der Waals surface area contributed by atoms with Gasteiger partial charge in [0.25, 0.3) is 5.91 Å². The number of benzene rings is 3. The first-order valence-corrected chi connectivity index (χ1v) is 15.0. The highest BCUT2D eigenvalue weighted by atomic mass is 35.5.